The molecule has 1 aromatic rings. The molecule has 0 spiro atoms. The third-order valence-electron chi connectivity index (χ3n) is 3.90. The van der Waals surface area contributed by atoms with Crippen molar-refractivity contribution in [1.82, 2.24) is 5.32 Å². The molecular weight excluding hydrogens is 290 g/mol. The molecule has 2 aliphatic rings. The molecule has 98 valence electrons. The van der Waals surface area contributed by atoms with Gasteiger partial charge in [-0.1, -0.05) is 18.6 Å². The third kappa shape index (κ3) is 3.07. The summed E-state index contributed by atoms with van der Waals surface area (Å²) < 4.78 is 7.12. The van der Waals surface area contributed by atoms with Crippen molar-refractivity contribution in [1.29, 1.82) is 0 Å². The van der Waals surface area contributed by atoms with Crippen molar-refractivity contribution in [3.8, 4) is 5.75 Å². The summed E-state index contributed by atoms with van der Waals surface area (Å²) in [4.78, 5) is 0. The Labute approximate surface area is 117 Å². The van der Waals surface area contributed by atoms with E-state index in [0.29, 0.717) is 0 Å². The molecule has 0 radical (unpaired) electrons. The number of ether oxygens (including phenoxy) is 1. The van der Waals surface area contributed by atoms with E-state index in [0.717, 1.165) is 35.3 Å². The van der Waals surface area contributed by atoms with E-state index >= 15 is 0 Å². The zero-order valence-electron chi connectivity index (χ0n) is 10.6. The molecule has 0 heterocycles. The molecular formula is C15H20BrNO. The molecule has 1 aromatic carbocycles. The monoisotopic (exact) mass is 309 g/mol. The number of hydrogen-bond acceptors (Lipinski definition) is 2. The summed E-state index contributed by atoms with van der Waals surface area (Å²) >= 11 is 3.61. The van der Waals surface area contributed by atoms with Crippen LogP contribution in [0.4, 0.5) is 0 Å². The zero-order valence-corrected chi connectivity index (χ0v) is 12.2. The van der Waals surface area contributed by atoms with Crippen LogP contribution in [0.2, 0.25) is 0 Å². The summed E-state index contributed by atoms with van der Waals surface area (Å²) in [6.45, 7) is 1.79. The van der Waals surface area contributed by atoms with Crippen molar-refractivity contribution in [2.75, 3.05) is 6.61 Å². The van der Waals surface area contributed by atoms with Crippen LogP contribution in [-0.2, 0) is 6.54 Å². The minimum absolute atomic E-state index is 0.739. The van der Waals surface area contributed by atoms with Crippen LogP contribution in [0, 0.1) is 5.92 Å². The Morgan fingerprint density at radius 2 is 2.06 bits per heavy atom. The predicted octanol–water partition coefficient (Wildman–Crippen LogP) is 3.88. The first-order valence-electron chi connectivity index (χ1n) is 6.96. The molecule has 0 aromatic heterocycles. The molecule has 0 unspecified atom stereocenters. The van der Waals surface area contributed by atoms with Gasteiger partial charge in [-0.2, -0.15) is 0 Å². The highest BCUT2D eigenvalue weighted by atomic mass is 79.9. The fourth-order valence-corrected chi connectivity index (χ4v) is 2.78. The van der Waals surface area contributed by atoms with E-state index < -0.39 is 0 Å². The number of halogens is 1. The van der Waals surface area contributed by atoms with Crippen molar-refractivity contribution in [2.45, 2.75) is 44.7 Å². The molecule has 0 saturated heterocycles. The smallest absolute Gasteiger partial charge is 0.137 e. The first kappa shape index (κ1) is 12.5. The quantitative estimate of drug-likeness (QED) is 0.861. The summed E-state index contributed by atoms with van der Waals surface area (Å²) in [5.41, 5.74) is 1.27. The average Bonchev–Trinajstić information content (AvgIpc) is 3.11. The Kier molecular flexibility index (Phi) is 3.90. The van der Waals surface area contributed by atoms with E-state index in [4.69, 9.17) is 4.74 Å². The van der Waals surface area contributed by atoms with Gasteiger partial charge in [0.25, 0.3) is 0 Å². The van der Waals surface area contributed by atoms with Gasteiger partial charge in [-0.25, -0.2) is 0 Å². The van der Waals surface area contributed by atoms with Gasteiger partial charge in [-0.3, -0.25) is 0 Å². The Morgan fingerprint density at radius 1 is 1.22 bits per heavy atom. The lowest BCUT2D eigenvalue weighted by molar-refractivity contribution is 0.178. The largest absolute Gasteiger partial charge is 0.492 e. The molecule has 0 amide bonds. The van der Waals surface area contributed by atoms with Crippen LogP contribution >= 0.6 is 15.9 Å². The lowest BCUT2D eigenvalue weighted by Gasteiger charge is -2.26. The average molecular weight is 310 g/mol. The highest BCUT2D eigenvalue weighted by Gasteiger charge is 2.22. The highest BCUT2D eigenvalue weighted by molar-refractivity contribution is 9.10. The van der Waals surface area contributed by atoms with Crippen molar-refractivity contribution >= 4 is 15.9 Å². The van der Waals surface area contributed by atoms with Gasteiger partial charge in [0.05, 0.1) is 11.1 Å². The SMILES string of the molecule is Brc1cccc(CNC2CC2)c1OCC1CCC1. The van der Waals surface area contributed by atoms with E-state index in [1.54, 1.807) is 0 Å². The molecule has 18 heavy (non-hydrogen) atoms. The van der Waals surface area contributed by atoms with Crippen molar-refractivity contribution < 1.29 is 4.74 Å². The Morgan fingerprint density at radius 3 is 2.72 bits per heavy atom. The predicted molar refractivity (Wildman–Crippen MR) is 76.8 cm³/mol. The molecule has 2 nitrogen and oxygen atoms in total. The molecule has 2 fully saturated rings. The number of para-hydroxylation sites is 1. The van der Waals surface area contributed by atoms with E-state index in [2.05, 4.69) is 39.4 Å². The molecule has 3 rings (SSSR count). The second-order valence-electron chi connectivity index (χ2n) is 5.49. The van der Waals surface area contributed by atoms with Gasteiger partial charge in [0.2, 0.25) is 0 Å². The number of hydrogen-bond donors (Lipinski definition) is 1. The minimum Gasteiger partial charge on any atom is -0.492 e. The molecule has 2 saturated carbocycles. The molecule has 1 N–H and O–H groups in total. The van der Waals surface area contributed by atoms with Crippen molar-refractivity contribution in [2.24, 2.45) is 5.92 Å². The summed E-state index contributed by atoms with van der Waals surface area (Å²) in [7, 11) is 0. The first-order valence-corrected chi connectivity index (χ1v) is 7.76. The highest BCUT2D eigenvalue weighted by Crippen LogP contribution is 2.33. The maximum atomic E-state index is 6.04. The van der Waals surface area contributed by atoms with Gasteiger partial charge in [-0.15, -0.1) is 0 Å². The first-order chi connectivity index (χ1) is 8.83. The maximum Gasteiger partial charge on any atom is 0.137 e. The summed E-state index contributed by atoms with van der Waals surface area (Å²) in [6.07, 6.45) is 6.69. The molecule has 0 bridgehead atoms. The molecule has 0 aliphatic heterocycles. The molecule has 3 heteroatoms. The fraction of sp³-hybridized carbons (Fsp3) is 0.600. The van der Waals surface area contributed by atoms with Gasteiger partial charge in [0.1, 0.15) is 5.75 Å². The van der Waals surface area contributed by atoms with Crippen LogP contribution < -0.4 is 10.1 Å². The fourth-order valence-electron chi connectivity index (χ4n) is 2.26. The number of nitrogens with one attached hydrogen (secondary N) is 1. The Balaban J connectivity index is 1.63. The van der Waals surface area contributed by atoms with Crippen LogP contribution in [-0.4, -0.2) is 12.6 Å². The van der Waals surface area contributed by atoms with Crippen LogP contribution in [0.3, 0.4) is 0 Å². The summed E-state index contributed by atoms with van der Waals surface area (Å²) in [6, 6.07) is 7.06. The van der Waals surface area contributed by atoms with Crippen LogP contribution in [0.25, 0.3) is 0 Å². The van der Waals surface area contributed by atoms with E-state index in [9.17, 15) is 0 Å². The number of rotatable bonds is 6. The topological polar surface area (TPSA) is 21.3 Å². The standard InChI is InChI=1S/C15H20BrNO/c16-14-6-2-5-12(9-17-13-7-8-13)15(14)18-10-11-3-1-4-11/h2,5-6,11,13,17H,1,3-4,7-10H2. The Hall–Kier alpha value is -0.540. The minimum atomic E-state index is 0.739. The second-order valence-corrected chi connectivity index (χ2v) is 6.35. The van der Waals surface area contributed by atoms with E-state index in [-0.39, 0.29) is 0 Å². The van der Waals surface area contributed by atoms with Gasteiger partial charge >= 0.3 is 0 Å². The molecule has 2 aliphatic carbocycles. The van der Waals surface area contributed by atoms with Crippen LogP contribution in [0.15, 0.2) is 22.7 Å². The van der Waals surface area contributed by atoms with Crippen molar-refractivity contribution in [3.05, 3.63) is 28.2 Å². The second kappa shape index (κ2) is 5.62. The summed E-state index contributed by atoms with van der Waals surface area (Å²) in [5, 5.41) is 3.56. The van der Waals surface area contributed by atoms with Crippen molar-refractivity contribution in [3.63, 3.8) is 0 Å². The lowest BCUT2D eigenvalue weighted by atomic mass is 9.86. The van der Waals surface area contributed by atoms with E-state index in [1.165, 1.54) is 37.7 Å². The third-order valence-corrected chi connectivity index (χ3v) is 4.52. The van der Waals surface area contributed by atoms with E-state index in [1.807, 2.05) is 0 Å². The van der Waals surface area contributed by atoms with Crippen LogP contribution in [0.5, 0.6) is 5.75 Å². The van der Waals surface area contributed by atoms with Gasteiger partial charge in [-0.05, 0) is 53.6 Å². The van der Waals surface area contributed by atoms with Gasteiger partial charge < -0.3 is 10.1 Å². The number of benzene rings is 1. The van der Waals surface area contributed by atoms with Crippen LogP contribution in [0.1, 0.15) is 37.7 Å². The normalized spacial score (nSPS) is 19.6. The molecule has 0 atom stereocenters. The maximum absolute atomic E-state index is 6.04. The Bertz CT molecular complexity index is 413. The zero-order chi connectivity index (χ0) is 12.4. The van der Waals surface area contributed by atoms with Gasteiger partial charge in [0, 0.05) is 18.2 Å². The summed E-state index contributed by atoms with van der Waals surface area (Å²) in [5.74, 6) is 1.82. The lowest BCUT2D eigenvalue weighted by Crippen LogP contribution is -2.21. The van der Waals surface area contributed by atoms with Gasteiger partial charge in [0.15, 0.2) is 0 Å².